The highest BCUT2D eigenvalue weighted by atomic mass is 33.1. The zero-order valence-corrected chi connectivity index (χ0v) is 35.5. The van der Waals surface area contributed by atoms with Gasteiger partial charge < -0.3 is 36.0 Å². The lowest BCUT2D eigenvalue weighted by Crippen LogP contribution is -2.51. The van der Waals surface area contributed by atoms with Gasteiger partial charge >= 0.3 is 0 Å². The van der Waals surface area contributed by atoms with E-state index < -0.39 is 32.1 Å². The summed E-state index contributed by atoms with van der Waals surface area (Å²) in [5.74, 6) is 0.248. The molecule has 0 saturated carbocycles. The van der Waals surface area contributed by atoms with Crippen LogP contribution in [0.3, 0.4) is 0 Å². The quantitative estimate of drug-likeness (QED) is 0.0338. The standard InChI is InChI=1S/C36H70N6O7S3/c1-8-35(4,32(45)40-19-11-18-37)28-36(5,33(46)41-22-13-23-42(6,7)24-14-26-52(47,48)49)27-34(2,3)31(44)39-21-12-20-38-30(43)16-10-9-15-29-17-25-50-51-29/h29H,8-28,37H2,1-7H3,(H4-,38,39,40,41,43,44,45,46,47,48,49). The molecule has 16 heteroatoms. The lowest BCUT2D eigenvalue weighted by molar-refractivity contribution is -0.890. The van der Waals surface area contributed by atoms with Gasteiger partial charge in [0.25, 0.3) is 0 Å². The molecule has 1 heterocycles. The minimum Gasteiger partial charge on any atom is -0.748 e. The van der Waals surface area contributed by atoms with E-state index in [1.165, 1.54) is 12.2 Å². The molecule has 1 rings (SSSR count). The highest BCUT2D eigenvalue weighted by Crippen LogP contribution is 2.44. The van der Waals surface area contributed by atoms with Gasteiger partial charge in [-0.25, -0.2) is 8.42 Å². The molecule has 1 aliphatic heterocycles. The first kappa shape index (κ1) is 48.4. The first-order valence-electron chi connectivity index (χ1n) is 19.0. The second-order valence-electron chi connectivity index (χ2n) is 16.3. The van der Waals surface area contributed by atoms with Crippen molar-refractivity contribution < 1.29 is 36.6 Å². The Morgan fingerprint density at radius 3 is 1.96 bits per heavy atom. The summed E-state index contributed by atoms with van der Waals surface area (Å²) >= 11 is 0. The van der Waals surface area contributed by atoms with E-state index in [0.717, 1.165) is 24.5 Å². The molecular weight excluding hydrogens is 725 g/mol. The van der Waals surface area contributed by atoms with E-state index in [-0.39, 0.29) is 42.9 Å². The van der Waals surface area contributed by atoms with Crippen LogP contribution in [0, 0.1) is 16.2 Å². The molecule has 1 saturated heterocycles. The Morgan fingerprint density at radius 1 is 0.788 bits per heavy atom. The molecule has 0 spiro atoms. The summed E-state index contributed by atoms with van der Waals surface area (Å²) in [5, 5.41) is 12.7. The molecule has 1 fully saturated rings. The Labute approximate surface area is 322 Å². The molecule has 52 heavy (non-hydrogen) atoms. The number of hydrogen-bond acceptors (Lipinski definition) is 10. The minimum atomic E-state index is -4.26. The fourth-order valence-corrected chi connectivity index (χ4v) is 10.3. The lowest BCUT2D eigenvalue weighted by Gasteiger charge is -2.41. The summed E-state index contributed by atoms with van der Waals surface area (Å²) in [6, 6.07) is 0. The maximum Gasteiger partial charge on any atom is 0.226 e. The van der Waals surface area contributed by atoms with Crippen molar-refractivity contribution in [3.05, 3.63) is 0 Å². The van der Waals surface area contributed by atoms with Gasteiger partial charge in [0.05, 0.1) is 37.3 Å². The molecule has 0 aromatic carbocycles. The van der Waals surface area contributed by atoms with Gasteiger partial charge in [-0.15, -0.1) is 0 Å². The van der Waals surface area contributed by atoms with Gasteiger partial charge in [-0.05, 0) is 57.9 Å². The van der Waals surface area contributed by atoms with Crippen molar-refractivity contribution >= 4 is 55.3 Å². The predicted octanol–water partition coefficient (Wildman–Crippen LogP) is 3.54. The van der Waals surface area contributed by atoms with E-state index in [0.29, 0.717) is 82.4 Å². The Hall–Kier alpha value is -1.59. The first-order valence-corrected chi connectivity index (χ1v) is 23.0. The van der Waals surface area contributed by atoms with E-state index in [1.54, 1.807) is 0 Å². The number of unbranched alkanes of at least 4 members (excludes halogenated alkanes) is 1. The van der Waals surface area contributed by atoms with Gasteiger partial charge in [-0.1, -0.05) is 62.6 Å². The summed E-state index contributed by atoms with van der Waals surface area (Å²) in [6.07, 6.45) is 7.88. The molecule has 304 valence electrons. The number of carbonyl (C=O) groups excluding carboxylic acids is 4. The van der Waals surface area contributed by atoms with E-state index in [1.807, 2.05) is 70.3 Å². The number of nitrogens with one attached hydrogen (secondary N) is 4. The maximum atomic E-state index is 14.0. The van der Waals surface area contributed by atoms with Crippen LogP contribution in [-0.4, -0.2) is 118 Å². The third kappa shape index (κ3) is 19.7. The van der Waals surface area contributed by atoms with Crippen molar-refractivity contribution in [3.63, 3.8) is 0 Å². The van der Waals surface area contributed by atoms with E-state index >= 15 is 0 Å². The summed E-state index contributed by atoms with van der Waals surface area (Å²) in [4.78, 5) is 53.3. The lowest BCUT2D eigenvalue weighted by atomic mass is 9.64. The fraction of sp³-hybridized carbons (Fsp3) is 0.889. The highest BCUT2D eigenvalue weighted by Gasteiger charge is 2.47. The molecule has 4 amide bonds. The van der Waals surface area contributed by atoms with Crippen molar-refractivity contribution in [1.82, 2.24) is 21.3 Å². The number of carbonyl (C=O) groups is 4. The van der Waals surface area contributed by atoms with Gasteiger partial charge in [-0.2, -0.15) is 0 Å². The number of nitrogens with two attached hydrogens (primary N) is 1. The van der Waals surface area contributed by atoms with Gasteiger partial charge in [0.2, 0.25) is 23.6 Å². The Morgan fingerprint density at radius 2 is 1.37 bits per heavy atom. The van der Waals surface area contributed by atoms with Gasteiger partial charge in [0, 0.05) is 78.4 Å². The molecule has 0 radical (unpaired) electrons. The molecule has 0 aromatic rings. The van der Waals surface area contributed by atoms with Crippen LogP contribution in [0.4, 0.5) is 0 Å². The van der Waals surface area contributed by atoms with Gasteiger partial charge in [0.15, 0.2) is 0 Å². The topological polar surface area (TPSA) is 200 Å². The van der Waals surface area contributed by atoms with Crippen LogP contribution >= 0.6 is 21.6 Å². The molecule has 0 aromatic heterocycles. The number of quaternary nitrogens is 1. The third-order valence-electron chi connectivity index (χ3n) is 10.0. The molecule has 3 unspecified atom stereocenters. The molecular formula is C36H70N6O7S3. The Balaban J connectivity index is 2.82. The number of amides is 4. The zero-order valence-electron chi connectivity index (χ0n) is 33.0. The summed E-state index contributed by atoms with van der Waals surface area (Å²) in [7, 11) is 3.54. The molecule has 3 atom stereocenters. The second kappa shape index (κ2) is 23.4. The first-order chi connectivity index (χ1) is 24.2. The average Bonchev–Trinajstić information content (AvgIpc) is 3.57. The van der Waals surface area contributed by atoms with Crippen molar-refractivity contribution in [2.24, 2.45) is 22.0 Å². The SMILES string of the molecule is CCC(C)(CC(C)(CC(C)(C)C(=O)NCCCNC(=O)CCCCC1CCSS1)C(=O)NCCC[N+](C)(C)CCCS(=O)(=O)[O-])C(=O)NCCCN. The Kier molecular flexibility index (Phi) is 21.8. The van der Waals surface area contributed by atoms with Crippen molar-refractivity contribution in [2.75, 3.05) is 71.4 Å². The largest absolute Gasteiger partial charge is 0.748 e. The fourth-order valence-electron chi connectivity index (χ4n) is 6.79. The summed E-state index contributed by atoms with van der Waals surface area (Å²) < 4.78 is 33.5. The van der Waals surface area contributed by atoms with Crippen LogP contribution in [0.2, 0.25) is 0 Å². The highest BCUT2D eigenvalue weighted by molar-refractivity contribution is 8.77. The minimum absolute atomic E-state index is 0.0325. The summed E-state index contributed by atoms with van der Waals surface area (Å²) in [6.45, 7) is 12.5. The van der Waals surface area contributed by atoms with E-state index in [4.69, 9.17) is 5.73 Å². The molecule has 0 bridgehead atoms. The van der Waals surface area contributed by atoms with Crippen LogP contribution in [-0.2, 0) is 29.3 Å². The smallest absolute Gasteiger partial charge is 0.226 e. The Bertz CT molecular complexity index is 1230. The van der Waals surface area contributed by atoms with Crippen LogP contribution in [0.15, 0.2) is 0 Å². The molecule has 1 aliphatic rings. The monoisotopic (exact) mass is 794 g/mol. The summed E-state index contributed by atoms with van der Waals surface area (Å²) in [5.41, 5.74) is 2.73. The zero-order chi connectivity index (χ0) is 39.5. The molecule has 13 nitrogen and oxygen atoms in total. The van der Waals surface area contributed by atoms with E-state index in [9.17, 15) is 32.1 Å². The number of hydrogen-bond donors (Lipinski definition) is 5. The maximum absolute atomic E-state index is 14.0. The molecule has 0 aliphatic carbocycles. The van der Waals surface area contributed by atoms with Gasteiger partial charge in [0.1, 0.15) is 0 Å². The number of rotatable bonds is 28. The van der Waals surface area contributed by atoms with Crippen LogP contribution in [0.25, 0.3) is 0 Å². The van der Waals surface area contributed by atoms with Crippen molar-refractivity contribution in [1.29, 1.82) is 0 Å². The second-order valence-corrected chi connectivity index (χ2v) is 20.6. The normalized spacial score (nSPS) is 17.5. The van der Waals surface area contributed by atoms with Crippen LogP contribution < -0.4 is 27.0 Å². The molecule has 6 N–H and O–H groups in total. The van der Waals surface area contributed by atoms with E-state index in [2.05, 4.69) is 21.3 Å². The predicted molar refractivity (Wildman–Crippen MR) is 212 cm³/mol. The third-order valence-corrected chi connectivity index (χ3v) is 13.8. The van der Waals surface area contributed by atoms with Crippen molar-refractivity contribution in [2.45, 2.75) is 117 Å². The van der Waals surface area contributed by atoms with Gasteiger partial charge in [-0.3, -0.25) is 19.2 Å². The average molecular weight is 795 g/mol. The number of nitrogens with zero attached hydrogens (tertiary/aromatic N) is 1. The van der Waals surface area contributed by atoms with Crippen LogP contribution in [0.5, 0.6) is 0 Å². The van der Waals surface area contributed by atoms with Crippen molar-refractivity contribution in [3.8, 4) is 0 Å². The van der Waals surface area contributed by atoms with Crippen LogP contribution in [0.1, 0.15) is 112 Å².